The second kappa shape index (κ2) is 6.96. The van der Waals surface area contributed by atoms with Crippen LogP contribution in [-0.2, 0) is 0 Å². The van der Waals surface area contributed by atoms with E-state index in [1.54, 1.807) is 12.1 Å². The molecule has 0 radical (unpaired) electrons. The molecule has 0 N–H and O–H groups in total. The minimum absolute atomic E-state index is 0. The van der Waals surface area contributed by atoms with Crippen molar-refractivity contribution in [3.63, 3.8) is 0 Å². The van der Waals surface area contributed by atoms with Crippen molar-refractivity contribution in [2.45, 2.75) is 19.8 Å². The summed E-state index contributed by atoms with van der Waals surface area (Å²) in [5.74, 6) is 0.508. The number of aromatic nitrogens is 1. The fraction of sp³-hybridized carbons (Fsp3) is 0.300. The van der Waals surface area contributed by atoms with Crippen LogP contribution in [-0.4, -0.2) is 12.0 Å². The van der Waals surface area contributed by atoms with Gasteiger partial charge in [0.15, 0.2) is 0 Å². The van der Waals surface area contributed by atoms with Gasteiger partial charge in [0, 0.05) is 11.9 Å². The molecule has 0 amide bonds. The Kier molecular flexibility index (Phi) is 7.12. The normalized spacial score (nSPS) is 11.9. The second-order valence-electron chi connectivity index (χ2n) is 3.65. The van der Waals surface area contributed by atoms with E-state index in [-0.39, 0.29) is 57.3 Å². The summed E-state index contributed by atoms with van der Waals surface area (Å²) in [5, 5.41) is 0. The monoisotopic (exact) mass is 253 g/mol. The van der Waals surface area contributed by atoms with Gasteiger partial charge >= 0.3 is 58.4 Å². The molecule has 6 heteroatoms. The Morgan fingerprint density at radius 2 is 1.94 bits per heavy atom. The van der Waals surface area contributed by atoms with Crippen molar-refractivity contribution in [2.24, 2.45) is 0 Å². The second-order valence-corrected chi connectivity index (χ2v) is 3.65. The van der Waals surface area contributed by atoms with Crippen molar-refractivity contribution in [2.75, 3.05) is 0 Å². The van der Waals surface area contributed by atoms with Gasteiger partial charge in [-0.3, -0.25) is 4.98 Å². The third kappa shape index (κ3) is 6.20. The maximum absolute atomic E-state index is 12.0. The number of hydrogen-bond acceptors (Lipinski definition) is 1. The van der Waals surface area contributed by atoms with E-state index in [1.165, 1.54) is 6.20 Å². The molecule has 0 saturated heterocycles. The van der Waals surface area contributed by atoms with Gasteiger partial charge in [-0.15, -0.1) is 5.98 Å². The summed E-state index contributed by atoms with van der Waals surface area (Å²) in [6.45, 7) is -0.962. The van der Waals surface area contributed by atoms with Gasteiger partial charge in [0.1, 0.15) is 0 Å². The Hall–Kier alpha value is 0.381. The molecular weight excluding hydrogens is 241 g/mol. The minimum atomic E-state index is -4.86. The first-order valence-corrected chi connectivity index (χ1v) is 4.73. The van der Waals surface area contributed by atoms with Gasteiger partial charge in [0.25, 0.3) is 0 Å². The van der Waals surface area contributed by atoms with Crippen LogP contribution in [0, 0.1) is 0 Å². The van der Waals surface area contributed by atoms with Crippen LogP contribution in [0.3, 0.4) is 0 Å². The molecule has 1 aromatic rings. The summed E-state index contributed by atoms with van der Waals surface area (Å²) in [4.78, 5) is 4.07. The molecule has 0 fully saturated rings. The van der Waals surface area contributed by atoms with Gasteiger partial charge in [-0.25, -0.2) is 0 Å². The van der Waals surface area contributed by atoms with E-state index in [1.807, 2.05) is 13.8 Å². The third-order valence-corrected chi connectivity index (χ3v) is 1.90. The third-order valence-electron chi connectivity index (χ3n) is 1.90. The molecule has 82 valence electrons. The average molecular weight is 253 g/mol. The van der Waals surface area contributed by atoms with E-state index in [0.29, 0.717) is 11.5 Å². The summed E-state index contributed by atoms with van der Waals surface area (Å²) in [7, 11) is 0. The van der Waals surface area contributed by atoms with E-state index in [4.69, 9.17) is 0 Å². The maximum Gasteiger partial charge on any atom is 1.00 e. The minimum Gasteiger partial charge on any atom is -0.445 e. The summed E-state index contributed by atoms with van der Waals surface area (Å²) < 4.78 is 35.9. The van der Waals surface area contributed by atoms with Crippen molar-refractivity contribution >= 4 is 13.1 Å². The molecular formula is C10H12BF3KN. The van der Waals surface area contributed by atoms with E-state index in [2.05, 4.69) is 4.98 Å². The van der Waals surface area contributed by atoms with E-state index in [0.717, 1.165) is 11.8 Å². The van der Waals surface area contributed by atoms with Crippen LogP contribution in [0.1, 0.15) is 31.0 Å². The standard InChI is InChI=1S/C10H12BF3N.K/c1-8(2)10-7-9(4-6-15-10)3-5-11(12,13)14;/h3-8H,1-2H3;/q-1;+1/b5-3+;. The van der Waals surface area contributed by atoms with Crippen LogP contribution >= 0.6 is 0 Å². The van der Waals surface area contributed by atoms with Gasteiger partial charge in [0.05, 0.1) is 0 Å². The van der Waals surface area contributed by atoms with E-state index >= 15 is 0 Å². The first-order chi connectivity index (χ1) is 6.88. The molecule has 1 nitrogen and oxygen atoms in total. The zero-order valence-corrected chi connectivity index (χ0v) is 12.7. The predicted molar refractivity (Wildman–Crippen MR) is 56.4 cm³/mol. The van der Waals surface area contributed by atoms with Gasteiger partial charge in [-0.1, -0.05) is 19.9 Å². The molecule has 0 spiro atoms. The zero-order chi connectivity index (χ0) is 11.5. The fourth-order valence-corrected chi connectivity index (χ4v) is 1.11. The zero-order valence-electron chi connectivity index (χ0n) is 9.62. The van der Waals surface area contributed by atoms with Crippen molar-refractivity contribution in [3.8, 4) is 0 Å². The van der Waals surface area contributed by atoms with Crippen LogP contribution in [0.2, 0.25) is 0 Å². The average Bonchev–Trinajstić information content (AvgIpc) is 2.14. The summed E-state index contributed by atoms with van der Waals surface area (Å²) >= 11 is 0. The van der Waals surface area contributed by atoms with Gasteiger partial charge in [-0.2, -0.15) is 0 Å². The van der Waals surface area contributed by atoms with Gasteiger partial charge < -0.3 is 12.9 Å². The molecule has 0 bridgehead atoms. The Morgan fingerprint density at radius 3 is 2.44 bits per heavy atom. The van der Waals surface area contributed by atoms with Crippen molar-refractivity contribution < 1.29 is 64.3 Å². The van der Waals surface area contributed by atoms with E-state index in [9.17, 15) is 12.9 Å². The molecule has 0 aliphatic rings. The molecule has 0 saturated carbocycles. The molecule has 1 rings (SSSR count). The first kappa shape index (κ1) is 16.4. The Labute approximate surface area is 136 Å². The molecule has 1 aromatic heterocycles. The Balaban J connectivity index is 0.00000225. The topological polar surface area (TPSA) is 12.9 Å². The SMILES string of the molecule is CC(C)c1cc(/C=C/[B-](F)(F)F)ccn1.[K+]. The van der Waals surface area contributed by atoms with Crippen LogP contribution < -0.4 is 51.4 Å². The van der Waals surface area contributed by atoms with Crippen LogP contribution in [0.4, 0.5) is 12.9 Å². The molecule has 0 atom stereocenters. The molecule has 16 heavy (non-hydrogen) atoms. The smallest absolute Gasteiger partial charge is 0.445 e. The first-order valence-electron chi connectivity index (χ1n) is 4.73. The number of halogens is 3. The fourth-order valence-electron chi connectivity index (χ4n) is 1.11. The summed E-state index contributed by atoms with van der Waals surface area (Å²) in [6.07, 6.45) is 2.60. The van der Waals surface area contributed by atoms with Crippen LogP contribution in [0.5, 0.6) is 0 Å². The molecule has 0 aliphatic heterocycles. The molecule has 0 aromatic carbocycles. The molecule has 0 unspecified atom stereocenters. The van der Waals surface area contributed by atoms with E-state index < -0.39 is 6.98 Å². The largest absolute Gasteiger partial charge is 1.00 e. The number of nitrogens with zero attached hydrogens (tertiary/aromatic N) is 1. The quantitative estimate of drug-likeness (QED) is 0.719. The summed E-state index contributed by atoms with van der Waals surface area (Å²) in [6, 6.07) is 3.23. The summed E-state index contributed by atoms with van der Waals surface area (Å²) in [5.41, 5.74) is 1.33. The van der Waals surface area contributed by atoms with Crippen molar-refractivity contribution in [1.29, 1.82) is 0 Å². The van der Waals surface area contributed by atoms with Crippen LogP contribution in [0.25, 0.3) is 6.08 Å². The molecule has 0 aliphatic carbocycles. The van der Waals surface area contributed by atoms with Crippen molar-refractivity contribution in [1.82, 2.24) is 4.98 Å². The predicted octanol–water partition coefficient (Wildman–Crippen LogP) is 0.609. The maximum atomic E-state index is 12.0. The van der Waals surface area contributed by atoms with Crippen LogP contribution in [0.15, 0.2) is 24.3 Å². The Bertz CT molecular complexity index is 363. The van der Waals surface area contributed by atoms with Gasteiger partial charge in [-0.05, 0) is 23.6 Å². The van der Waals surface area contributed by atoms with Gasteiger partial charge in [0.2, 0.25) is 0 Å². The number of pyridine rings is 1. The Morgan fingerprint density at radius 1 is 1.31 bits per heavy atom. The number of rotatable bonds is 3. The number of hydrogen-bond donors (Lipinski definition) is 0. The van der Waals surface area contributed by atoms with Crippen molar-refractivity contribution in [3.05, 3.63) is 35.6 Å². The molecule has 1 heterocycles.